The van der Waals surface area contributed by atoms with Crippen LogP contribution < -0.4 is 19.8 Å². The first-order valence-corrected chi connectivity index (χ1v) is 11.9. The maximum atomic E-state index is 13.5. The van der Waals surface area contributed by atoms with Gasteiger partial charge in [-0.05, 0) is 43.2 Å². The van der Waals surface area contributed by atoms with E-state index in [1.807, 2.05) is 91.8 Å². The summed E-state index contributed by atoms with van der Waals surface area (Å²) in [6.45, 7) is 3.80. The van der Waals surface area contributed by atoms with Gasteiger partial charge in [-0.25, -0.2) is 9.79 Å². The van der Waals surface area contributed by atoms with Gasteiger partial charge >= 0.3 is 5.97 Å². The van der Waals surface area contributed by atoms with Crippen LogP contribution in [0.15, 0.2) is 81.7 Å². The van der Waals surface area contributed by atoms with Gasteiger partial charge in [-0.15, -0.1) is 0 Å². The molecule has 0 bridgehead atoms. The van der Waals surface area contributed by atoms with Crippen molar-refractivity contribution in [3.8, 4) is 0 Å². The molecular formula is C27H27N3O3S. The van der Waals surface area contributed by atoms with Crippen LogP contribution in [0.1, 0.15) is 31.0 Å². The number of carbonyl (C=O) groups is 1. The zero-order valence-corrected chi connectivity index (χ0v) is 20.5. The van der Waals surface area contributed by atoms with E-state index in [-0.39, 0.29) is 12.2 Å². The Hall–Kier alpha value is -3.71. The summed E-state index contributed by atoms with van der Waals surface area (Å²) in [5.41, 5.74) is 3.74. The van der Waals surface area contributed by atoms with Crippen LogP contribution in [0, 0.1) is 0 Å². The third-order valence-corrected chi connectivity index (χ3v) is 6.52. The topological polar surface area (TPSA) is 63.9 Å². The number of anilines is 1. The standard InChI is InChI=1S/C27H27N3O3S/c1-5-33-26(32)24-18(2)28-27-30(22(24)16-13-19-9-7-6-8-10-19)25(31)23(34-27)17-20-11-14-21(15-12-20)29(3)4/h6-17,22H,5H2,1-4H3/b16-13-,23-17?/t22-/m1/s1. The van der Waals surface area contributed by atoms with Crippen molar-refractivity contribution in [2.45, 2.75) is 19.9 Å². The van der Waals surface area contributed by atoms with Crippen LogP contribution in [-0.2, 0) is 9.53 Å². The summed E-state index contributed by atoms with van der Waals surface area (Å²) in [6.07, 6.45) is 5.65. The first-order valence-electron chi connectivity index (χ1n) is 11.1. The molecule has 174 valence electrons. The van der Waals surface area contributed by atoms with Gasteiger partial charge < -0.3 is 9.64 Å². The maximum absolute atomic E-state index is 13.5. The van der Waals surface area contributed by atoms with E-state index < -0.39 is 12.0 Å². The highest BCUT2D eigenvalue weighted by Gasteiger charge is 2.30. The van der Waals surface area contributed by atoms with Crippen LogP contribution in [-0.4, -0.2) is 31.2 Å². The number of rotatable bonds is 6. The molecule has 0 aliphatic carbocycles. The van der Waals surface area contributed by atoms with Crippen LogP contribution >= 0.6 is 11.3 Å². The van der Waals surface area contributed by atoms with Gasteiger partial charge in [-0.3, -0.25) is 9.36 Å². The van der Waals surface area contributed by atoms with Gasteiger partial charge in [0, 0.05) is 19.8 Å². The van der Waals surface area contributed by atoms with Crippen LogP contribution in [0.5, 0.6) is 0 Å². The number of carbonyl (C=O) groups excluding carboxylic acids is 1. The Labute approximate surface area is 202 Å². The molecule has 34 heavy (non-hydrogen) atoms. The minimum atomic E-state index is -0.603. The summed E-state index contributed by atoms with van der Waals surface area (Å²) in [6, 6.07) is 17.2. The lowest BCUT2D eigenvalue weighted by atomic mass is 10.0. The van der Waals surface area contributed by atoms with Crippen molar-refractivity contribution in [2.75, 3.05) is 25.6 Å². The number of esters is 1. The van der Waals surface area contributed by atoms with Crippen LogP contribution in [0.2, 0.25) is 0 Å². The monoisotopic (exact) mass is 473 g/mol. The first kappa shape index (κ1) is 23.4. The zero-order chi connectivity index (χ0) is 24.2. The number of hydrogen-bond acceptors (Lipinski definition) is 6. The molecule has 1 aliphatic rings. The molecule has 0 spiro atoms. The van der Waals surface area contributed by atoms with E-state index >= 15 is 0 Å². The molecule has 0 radical (unpaired) electrons. The molecule has 2 aromatic carbocycles. The summed E-state index contributed by atoms with van der Waals surface area (Å²) in [7, 11) is 3.97. The van der Waals surface area contributed by atoms with Crippen molar-refractivity contribution in [2.24, 2.45) is 4.99 Å². The minimum absolute atomic E-state index is 0.183. The number of thiazole rings is 1. The molecule has 0 saturated carbocycles. The van der Waals surface area contributed by atoms with E-state index in [0.717, 1.165) is 16.8 Å². The predicted molar refractivity (Wildman–Crippen MR) is 138 cm³/mol. The number of benzene rings is 2. The van der Waals surface area contributed by atoms with E-state index in [1.54, 1.807) is 18.4 Å². The fourth-order valence-corrected chi connectivity index (χ4v) is 4.86. The lowest BCUT2D eigenvalue weighted by molar-refractivity contribution is -0.139. The Kier molecular flexibility index (Phi) is 6.93. The van der Waals surface area contributed by atoms with Crippen LogP contribution in [0.25, 0.3) is 12.2 Å². The number of nitrogens with zero attached hydrogens (tertiary/aromatic N) is 3. The average Bonchev–Trinajstić information content (AvgIpc) is 3.12. The lowest BCUT2D eigenvalue weighted by Crippen LogP contribution is -2.38. The summed E-state index contributed by atoms with van der Waals surface area (Å²) >= 11 is 1.32. The summed E-state index contributed by atoms with van der Waals surface area (Å²) < 4.78 is 7.46. The third-order valence-electron chi connectivity index (χ3n) is 5.54. The molecule has 1 aromatic heterocycles. The molecule has 4 rings (SSSR count). The van der Waals surface area contributed by atoms with Gasteiger partial charge in [-0.1, -0.05) is 66.0 Å². The summed E-state index contributed by atoms with van der Waals surface area (Å²) in [5.74, 6) is -0.458. The minimum Gasteiger partial charge on any atom is -0.463 e. The van der Waals surface area contributed by atoms with Gasteiger partial charge in [0.1, 0.15) is 0 Å². The Bertz CT molecular complexity index is 1430. The molecule has 0 saturated heterocycles. The van der Waals surface area contributed by atoms with E-state index in [1.165, 1.54) is 11.3 Å². The number of hydrogen-bond donors (Lipinski definition) is 0. The quantitative estimate of drug-likeness (QED) is 0.514. The zero-order valence-electron chi connectivity index (χ0n) is 19.7. The lowest BCUT2D eigenvalue weighted by Gasteiger charge is -2.21. The molecule has 0 unspecified atom stereocenters. The Morgan fingerprint density at radius 2 is 1.82 bits per heavy atom. The van der Waals surface area contributed by atoms with Gasteiger partial charge in [0.05, 0.1) is 28.5 Å². The fraction of sp³-hybridized carbons (Fsp3) is 0.222. The molecule has 0 amide bonds. The van der Waals surface area contributed by atoms with Gasteiger partial charge in [0.15, 0.2) is 4.80 Å². The van der Waals surface area contributed by atoms with E-state index in [4.69, 9.17) is 4.74 Å². The van der Waals surface area contributed by atoms with E-state index in [0.29, 0.717) is 20.6 Å². The SMILES string of the molecule is CCOC(=O)C1=C(C)N=c2sc(=Cc3ccc(N(C)C)cc3)c(=O)n2[C@@H]1/C=C\c1ccccc1. The van der Waals surface area contributed by atoms with Crippen LogP contribution in [0.4, 0.5) is 5.69 Å². The van der Waals surface area contributed by atoms with Crippen molar-refractivity contribution in [3.05, 3.63) is 103 Å². The number of fused-ring (bicyclic) bond motifs is 1. The highest BCUT2D eigenvalue weighted by Crippen LogP contribution is 2.26. The van der Waals surface area contributed by atoms with Crippen molar-refractivity contribution in [1.82, 2.24) is 4.57 Å². The summed E-state index contributed by atoms with van der Waals surface area (Å²) in [4.78, 5) is 33.5. The first-order chi connectivity index (χ1) is 16.4. The second-order valence-corrected chi connectivity index (χ2v) is 9.11. The molecule has 0 N–H and O–H groups in total. The largest absolute Gasteiger partial charge is 0.463 e. The third kappa shape index (κ3) is 4.79. The van der Waals surface area contributed by atoms with Gasteiger partial charge in [-0.2, -0.15) is 0 Å². The number of ether oxygens (including phenoxy) is 1. The highest BCUT2D eigenvalue weighted by molar-refractivity contribution is 7.07. The Morgan fingerprint density at radius 3 is 2.47 bits per heavy atom. The maximum Gasteiger partial charge on any atom is 0.338 e. The van der Waals surface area contributed by atoms with E-state index in [2.05, 4.69) is 4.99 Å². The Morgan fingerprint density at radius 1 is 1.12 bits per heavy atom. The normalized spacial score (nSPS) is 15.9. The highest BCUT2D eigenvalue weighted by atomic mass is 32.1. The Balaban J connectivity index is 1.83. The molecule has 3 aromatic rings. The van der Waals surface area contributed by atoms with E-state index in [9.17, 15) is 9.59 Å². The molecule has 1 atom stereocenters. The number of aromatic nitrogens is 1. The summed E-state index contributed by atoms with van der Waals surface area (Å²) in [5, 5.41) is 0. The van der Waals surface area contributed by atoms with Crippen LogP contribution in [0.3, 0.4) is 0 Å². The van der Waals surface area contributed by atoms with Crippen molar-refractivity contribution in [3.63, 3.8) is 0 Å². The van der Waals surface area contributed by atoms with Gasteiger partial charge in [0.25, 0.3) is 5.56 Å². The molecule has 6 nitrogen and oxygen atoms in total. The predicted octanol–water partition coefficient (Wildman–Crippen LogP) is 3.53. The van der Waals surface area contributed by atoms with Gasteiger partial charge in [0.2, 0.25) is 0 Å². The second-order valence-electron chi connectivity index (χ2n) is 8.10. The number of allylic oxidation sites excluding steroid dienone is 2. The van der Waals surface area contributed by atoms with Crippen molar-refractivity contribution in [1.29, 1.82) is 0 Å². The van der Waals surface area contributed by atoms with Crippen molar-refractivity contribution < 1.29 is 9.53 Å². The molecule has 0 fully saturated rings. The average molecular weight is 474 g/mol. The molecule has 1 aliphatic heterocycles. The molecular weight excluding hydrogens is 446 g/mol. The second kappa shape index (κ2) is 10.1. The van der Waals surface area contributed by atoms with Crippen molar-refractivity contribution >= 4 is 35.1 Å². The molecule has 7 heteroatoms. The smallest absolute Gasteiger partial charge is 0.338 e. The fourth-order valence-electron chi connectivity index (χ4n) is 3.80. The molecule has 2 heterocycles.